The van der Waals surface area contributed by atoms with Crippen molar-refractivity contribution in [1.29, 1.82) is 0 Å². The molecule has 1 amide bonds. The molecular formula is C25H30ClN7O4S. The van der Waals surface area contributed by atoms with Gasteiger partial charge in [0.1, 0.15) is 11.6 Å². The number of benzene rings is 1. The lowest BCUT2D eigenvalue weighted by atomic mass is 9.98. The van der Waals surface area contributed by atoms with E-state index in [1.165, 1.54) is 12.1 Å². The van der Waals surface area contributed by atoms with E-state index in [0.717, 1.165) is 62.4 Å². The van der Waals surface area contributed by atoms with Crippen LogP contribution in [0.1, 0.15) is 47.8 Å². The number of carbonyl (C=O) groups excluding carboxylic acids is 1. The number of hydrogen-bond donors (Lipinski definition) is 2. The van der Waals surface area contributed by atoms with E-state index in [1.807, 2.05) is 12.1 Å². The van der Waals surface area contributed by atoms with Crippen molar-refractivity contribution in [2.75, 3.05) is 53.5 Å². The lowest BCUT2D eigenvalue weighted by Gasteiger charge is -2.39. The molecule has 3 saturated heterocycles. The highest BCUT2D eigenvalue weighted by Gasteiger charge is 2.34. The zero-order valence-corrected chi connectivity index (χ0v) is 22.6. The van der Waals surface area contributed by atoms with Crippen LogP contribution < -0.4 is 14.5 Å². The lowest BCUT2D eigenvalue weighted by Crippen LogP contribution is -2.51. The number of nitrogens with one attached hydrogen (secondary N) is 1. The molecule has 0 saturated carbocycles. The first kappa shape index (κ1) is 25.2. The summed E-state index contributed by atoms with van der Waals surface area (Å²) in [7, 11) is -3.60. The van der Waals surface area contributed by atoms with Gasteiger partial charge in [0, 0.05) is 49.9 Å². The molecule has 13 heteroatoms. The minimum Gasteiger partial charge on any atom is -0.389 e. The Kier molecular flexibility index (Phi) is 6.36. The van der Waals surface area contributed by atoms with Gasteiger partial charge in [-0.3, -0.25) is 9.52 Å². The Bertz CT molecular complexity index is 1500. The standard InChI is InChI=1S/C25H30ClN7O4S/c1-38(36,37)29-19-7-6-16(26)11-18(19)25(35)32-10-3-2-5-21(32)20-12-23-27-22(30-8-4-9-30)13-24(33(23)28-20)31-14-17(34)15-31/h6-7,11-13,17,21,29,34H,2-5,8-10,14-15H2,1H3. The minimum atomic E-state index is -3.60. The van der Waals surface area contributed by atoms with Crippen molar-refractivity contribution in [3.63, 3.8) is 0 Å². The number of hydrogen-bond acceptors (Lipinski definition) is 8. The Morgan fingerprint density at radius 1 is 1.08 bits per heavy atom. The quantitative estimate of drug-likeness (QED) is 0.472. The number of nitrogens with zero attached hydrogens (tertiary/aromatic N) is 6. The van der Waals surface area contributed by atoms with Gasteiger partial charge in [-0.2, -0.15) is 9.61 Å². The number of carbonyl (C=O) groups is 1. The molecule has 202 valence electrons. The topological polar surface area (TPSA) is 123 Å². The van der Waals surface area contributed by atoms with Crippen molar-refractivity contribution in [2.24, 2.45) is 0 Å². The molecule has 1 atom stereocenters. The van der Waals surface area contributed by atoms with Crippen LogP contribution in [0, 0.1) is 0 Å². The normalized spacial score (nSPS) is 20.4. The summed E-state index contributed by atoms with van der Waals surface area (Å²) < 4.78 is 28.1. The maximum absolute atomic E-state index is 13.9. The van der Waals surface area contributed by atoms with Crippen LogP contribution in [0.5, 0.6) is 0 Å². The fraction of sp³-hybridized carbons (Fsp3) is 0.480. The smallest absolute Gasteiger partial charge is 0.256 e. The predicted octanol–water partition coefficient (Wildman–Crippen LogP) is 2.51. The van der Waals surface area contributed by atoms with Crippen LogP contribution in [0.4, 0.5) is 17.3 Å². The first-order chi connectivity index (χ1) is 18.2. The number of anilines is 3. The van der Waals surface area contributed by atoms with Crippen molar-refractivity contribution >= 4 is 50.5 Å². The number of sulfonamides is 1. The van der Waals surface area contributed by atoms with Crippen molar-refractivity contribution in [3.8, 4) is 0 Å². The molecule has 1 aromatic carbocycles. The van der Waals surface area contributed by atoms with Crippen LogP contribution in [0.2, 0.25) is 5.02 Å². The summed E-state index contributed by atoms with van der Waals surface area (Å²) in [5, 5.41) is 15.2. The number of aliphatic hydroxyl groups excluding tert-OH is 1. The fourth-order valence-electron chi connectivity index (χ4n) is 5.32. The number of fused-ring (bicyclic) bond motifs is 1. The van der Waals surface area contributed by atoms with Gasteiger partial charge in [-0.25, -0.2) is 13.4 Å². The monoisotopic (exact) mass is 559 g/mol. The first-order valence-corrected chi connectivity index (χ1v) is 15.1. The second-order valence-electron chi connectivity index (χ2n) is 10.3. The maximum Gasteiger partial charge on any atom is 0.256 e. The Balaban J connectivity index is 1.38. The highest BCUT2D eigenvalue weighted by atomic mass is 35.5. The molecule has 5 heterocycles. The second-order valence-corrected chi connectivity index (χ2v) is 12.5. The molecule has 38 heavy (non-hydrogen) atoms. The van der Waals surface area contributed by atoms with Gasteiger partial charge in [-0.15, -0.1) is 0 Å². The van der Waals surface area contributed by atoms with E-state index in [-0.39, 0.29) is 29.3 Å². The summed E-state index contributed by atoms with van der Waals surface area (Å²) in [4.78, 5) is 24.8. The zero-order valence-electron chi connectivity index (χ0n) is 21.0. The minimum absolute atomic E-state index is 0.195. The van der Waals surface area contributed by atoms with Crippen LogP contribution in [-0.4, -0.2) is 84.0 Å². The lowest BCUT2D eigenvalue weighted by molar-refractivity contribution is 0.0606. The van der Waals surface area contributed by atoms with Crippen LogP contribution in [0.25, 0.3) is 5.65 Å². The molecule has 3 aliphatic heterocycles. The average Bonchev–Trinajstić information content (AvgIpc) is 3.24. The van der Waals surface area contributed by atoms with Crippen LogP contribution in [0.15, 0.2) is 30.3 Å². The molecule has 2 N–H and O–H groups in total. The fourth-order valence-corrected chi connectivity index (χ4v) is 6.07. The Morgan fingerprint density at radius 3 is 2.55 bits per heavy atom. The van der Waals surface area contributed by atoms with Crippen LogP contribution >= 0.6 is 11.6 Å². The third kappa shape index (κ3) is 4.76. The van der Waals surface area contributed by atoms with Crippen molar-refractivity contribution in [3.05, 3.63) is 46.6 Å². The van der Waals surface area contributed by atoms with Gasteiger partial charge >= 0.3 is 0 Å². The van der Waals surface area contributed by atoms with E-state index < -0.39 is 10.0 Å². The largest absolute Gasteiger partial charge is 0.389 e. The van der Waals surface area contributed by atoms with Gasteiger partial charge in [-0.05, 0) is 43.9 Å². The van der Waals surface area contributed by atoms with Gasteiger partial charge in [0.15, 0.2) is 5.65 Å². The molecule has 1 unspecified atom stereocenters. The highest BCUT2D eigenvalue weighted by molar-refractivity contribution is 7.92. The number of aromatic nitrogens is 3. The van der Waals surface area contributed by atoms with Crippen molar-refractivity contribution in [2.45, 2.75) is 37.8 Å². The van der Waals surface area contributed by atoms with E-state index in [0.29, 0.717) is 30.3 Å². The number of amides is 1. The number of rotatable bonds is 6. The number of β-amino-alcohol motifs (C(OH)–C–C–N with tert-alkyl or cyclic N) is 1. The zero-order chi connectivity index (χ0) is 26.6. The highest BCUT2D eigenvalue weighted by Crippen LogP contribution is 2.36. The molecular weight excluding hydrogens is 530 g/mol. The number of halogens is 1. The number of aliphatic hydroxyl groups is 1. The summed E-state index contributed by atoms with van der Waals surface area (Å²) in [5.41, 5.74) is 1.82. The van der Waals surface area contributed by atoms with Gasteiger partial charge in [0.2, 0.25) is 10.0 Å². The van der Waals surface area contributed by atoms with Crippen molar-refractivity contribution < 1.29 is 18.3 Å². The van der Waals surface area contributed by atoms with Gasteiger partial charge in [0.05, 0.1) is 35.3 Å². The Morgan fingerprint density at radius 2 is 1.87 bits per heavy atom. The molecule has 0 bridgehead atoms. The Labute approximate surface area is 226 Å². The summed E-state index contributed by atoms with van der Waals surface area (Å²) in [5.74, 6) is 1.45. The predicted molar refractivity (Wildman–Crippen MR) is 146 cm³/mol. The van der Waals surface area contributed by atoms with Gasteiger partial charge in [-0.1, -0.05) is 11.6 Å². The molecule has 3 aromatic rings. The molecule has 0 radical (unpaired) electrons. The van der Waals surface area contributed by atoms with Gasteiger partial charge < -0.3 is 19.8 Å². The third-order valence-corrected chi connectivity index (χ3v) is 8.22. The van der Waals surface area contributed by atoms with Crippen LogP contribution in [-0.2, 0) is 10.0 Å². The van der Waals surface area contributed by atoms with Gasteiger partial charge in [0.25, 0.3) is 5.91 Å². The Hall–Kier alpha value is -3.09. The second kappa shape index (κ2) is 9.58. The molecule has 0 aliphatic carbocycles. The summed E-state index contributed by atoms with van der Waals surface area (Å²) in [6.07, 6.45) is 4.31. The molecule has 3 aliphatic rings. The van der Waals surface area contributed by atoms with E-state index in [4.69, 9.17) is 21.7 Å². The van der Waals surface area contributed by atoms with Crippen molar-refractivity contribution in [1.82, 2.24) is 19.5 Å². The van der Waals surface area contributed by atoms with E-state index in [1.54, 1.807) is 15.5 Å². The number of likely N-dealkylation sites (tertiary alicyclic amines) is 1. The number of piperidine rings is 1. The first-order valence-electron chi connectivity index (χ1n) is 12.8. The molecule has 3 fully saturated rings. The summed E-state index contributed by atoms with van der Waals surface area (Å²) in [6.45, 7) is 3.50. The molecule has 2 aromatic heterocycles. The molecule has 11 nitrogen and oxygen atoms in total. The van der Waals surface area contributed by atoms with E-state index >= 15 is 0 Å². The summed E-state index contributed by atoms with van der Waals surface area (Å²) in [6, 6.07) is 8.22. The van der Waals surface area contributed by atoms with E-state index in [9.17, 15) is 18.3 Å². The van der Waals surface area contributed by atoms with Crippen LogP contribution in [0.3, 0.4) is 0 Å². The molecule has 6 rings (SSSR count). The average molecular weight is 560 g/mol. The van der Waals surface area contributed by atoms with E-state index in [2.05, 4.69) is 14.5 Å². The third-order valence-electron chi connectivity index (χ3n) is 7.39. The maximum atomic E-state index is 13.9. The summed E-state index contributed by atoms with van der Waals surface area (Å²) >= 11 is 6.21. The molecule has 0 spiro atoms. The SMILES string of the molecule is CS(=O)(=O)Nc1ccc(Cl)cc1C(=O)N1CCCCC1c1cc2nc(N3CCC3)cc(N3CC(O)C3)n2n1.